The Bertz CT molecular complexity index is 437. The van der Waals surface area contributed by atoms with Gasteiger partial charge in [0, 0.05) is 20.1 Å². The fourth-order valence-electron chi connectivity index (χ4n) is 1.83. The van der Waals surface area contributed by atoms with Gasteiger partial charge < -0.3 is 20.1 Å². The second-order valence-electron chi connectivity index (χ2n) is 4.77. The van der Waals surface area contributed by atoms with Crippen LogP contribution in [0.2, 0.25) is 0 Å². The summed E-state index contributed by atoms with van der Waals surface area (Å²) < 4.78 is 5.12. The zero-order chi connectivity index (χ0) is 15.1. The molecule has 0 spiro atoms. The monoisotopic (exact) mass is 280 g/mol. The highest BCUT2D eigenvalue weighted by Gasteiger charge is 2.17. The van der Waals surface area contributed by atoms with Crippen LogP contribution in [0.3, 0.4) is 0 Å². The van der Waals surface area contributed by atoms with Crippen molar-refractivity contribution in [2.45, 2.75) is 26.0 Å². The van der Waals surface area contributed by atoms with Crippen molar-refractivity contribution in [3.63, 3.8) is 0 Å². The number of carbonyl (C=O) groups is 1. The Morgan fingerprint density at radius 3 is 2.80 bits per heavy atom. The number of likely N-dealkylation sites (N-methyl/N-ethyl adjacent to an activating group) is 1. The van der Waals surface area contributed by atoms with Crippen molar-refractivity contribution in [2.75, 3.05) is 27.2 Å². The molecule has 0 saturated carbocycles. The maximum atomic E-state index is 11.9. The van der Waals surface area contributed by atoms with Crippen LogP contribution >= 0.6 is 0 Å². The number of aliphatic hydroxyl groups is 1. The van der Waals surface area contributed by atoms with Gasteiger partial charge in [0.2, 0.25) is 5.91 Å². The van der Waals surface area contributed by atoms with Crippen LogP contribution in [-0.2, 0) is 4.79 Å². The Labute approximate surface area is 120 Å². The Morgan fingerprint density at radius 1 is 1.50 bits per heavy atom. The third kappa shape index (κ3) is 4.51. The molecule has 0 aliphatic rings. The molecule has 0 radical (unpaired) electrons. The summed E-state index contributed by atoms with van der Waals surface area (Å²) in [6.45, 7) is 4.71. The molecule has 2 atom stereocenters. The first-order chi connectivity index (χ1) is 9.49. The Morgan fingerprint density at radius 2 is 2.20 bits per heavy atom. The van der Waals surface area contributed by atoms with Crippen LogP contribution in [0.25, 0.3) is 0 Å². The number of hydrogen-bond donors (Lipinski definition) is 2. The average Bonchev–Trinajstić information content (AvgIpc) is 2.50. The number of aliphatic hydroxyl groups excluding tert-OH is 1. The molecule has 1 aromatic rings. The number of ether oxygens (including phenoxy) is 1. The van der Waals surface area contributed by atoms with E-state index in [0.29, 0.717) is 18.8 Å². The quantitative estimate of drug-likeness (QED) is 0.787. The second kappa shape index (κ2) is 7.87. The van der Waals surface area contributed by atoms with Gasteiger partial charge in [0.05, 0.1) is 19.3 Å². The van der Waals surface area contributed by atoms with Crippen LogP contribution in [0, 0.1) is 0 Å². The summed E-state index contributed by atoms with van der Waals surface area (Å²) in [5.41, 5.74) is 0.764. The standard InChI is InChI=1S/C15H24N2O3/c1-5-17(3)15(19)11(2)16-10-14(18)12-7-6-8-13(9-12)20-4/h6-9,11,14,16,18H,5,10H2,1-4H3. The van der Waals surface area contributed by atoms with Crippen LogP contribution in [0.15, 0.2) is 24.3 Å². The van der Waals surface area contributed by atoms with E-state index in [9.17, 15) is 9.90 Å². The molecule has 0 fully saturated rings. The minimum atomic E-state index is -0.674. The summed E-state index contributed by atoms with van der Waals surface area (Å²) in [6.07, 6.45) is -0.674. The van der Waals surface area contributed by atoms with Crippen molar-refractivity contribution in [2.24, 2.45) is 0 Å². The van der Waals surface area contributed by atoms with Gasteiger partial charge in [-0.3, -0.25) is 4.79 Å². The maximum absolute atomic E-state index is 11.9. The molecule has 20 heavy (non-hydrogen) atoms. The lowest BCUT2D eigenvalue weighted by atomic mass is 10.1. The zero-order valence-electron chi connectivity index (χ0n) is 12.6. The minimum absolute atomic E-state index is 0.0188. The summed E-state index contributed by atoms with van der Waals surface area (Å²) >= 11 is 0. The molecule has 112 valence electrons. The largest absolute Gasteiger partial charge is 0.497 e. The van der Waals surface area contributed by atoms with Gasteiger partial charge in [0.1, 0.15) is 5.75 Å². The number of methoxy groups -OCH3 is 1. The first-order valence-electron chi connectivity index (χ1n) is 6.80. The van der Waals surface area contributed by atoms with E-state index in [0.717, 1.165) is 5.56 Å². The summed E-state index contributed by atoms with van der Waals surface area (Å²) in [5.74, 6) is 0.724. The number of nitrogens with zero attached hydrogens (tertiary/aromatic N) is 1. The average molecular weight is 280 g/mol. The number of carbonyl (C=O) groups excluding carboxylic acids is 1. The van der Waals surface area contributed by atoms with E-state index in [-0.39, 0.29) is 11.9 Å². The highest BCUT2D eigenvalue weighted by molar-refractivity contribution is 5.81. The summed E-state index contributed by atoms with van der Waals surface area (Å²) in [7, 11) is 3.35. The molecule has 2 unspecified atom stereocenters. The second-order valence-corrected chi connectivity index (χ2v) is 4.77. The smallest absolute Gasteiger partial charge is 0.239 e. The fourth-order valence-corrected chi connectivity index (χ4v) is 1.83. The Balaban J connectivity index is 2.54. The number of benzene rings is 1. The lowest BCUT2D eigenvalue weighted by molar-refractivity contribution is -0.131. The minimum Gasteiger partial charge on any atom is -0.497 e. The van der Waals surface area contributed by atoms with Gasteiger partial charge in [-0.05, 0) is 31.5 Å². The van der Waals surface area contributed by atoms with Gasteiger partial charge in [-0.2, -0.15) is 0 Å². The lowest BCUT2D eigenvalue weighted by Gasteiger charge is -2.22. The van der Waals surface area contributed by atoms with Gasteiger partial charge in [-0.25, -0.2) is 0 Å². The van der Waals surface area contributed by atoms with E-state index >= 15 is 0 Å². The zero-order valence-corrected chi connectivity index (χ0v) is 12.6. The van der Waals surface area contributed by atoms with Crippen LogP contribution < -0.4 is 10.1 Å². The summed E-state index contributed by atoms with van der Waals surface area (Å²) in [4.78, 5) is 13.5. The molecule has 0 aliphatic heterocycles. The molecule has 1 amide bonds. The maximum Gasteiger partial charge on any atom is 0.239 e. The van der Waals surface area contributed by atoms with Crippen molar-refractivity contribution >= 4 is 5.91 Å². The molecule has 0 saturated heterocycles. The van der Waals surface area contributed by atoms with Crippen LogP contribution in [0.5, 0.6) is 5.75 Å². The van der Waals surface area contributed by atoms with Crippen molar-refractivity contribution in [1.29, 1.82) is 0 Å². The van der Waals surface area contributed by atoms with Crippen molar-refractivity contribution in [1.82, 2.24) is 10.2 Å². The van der Waals surface area contributed by atoms with Crippen LogP contribution in [0.4, 0.5) is 0 Å². The molecule has 1 rings (SSSR count). The summed E-state index contributed by atoms with van der Waals surface area (Å²) in [6, 6.07) is 6.96. The predicted molar refractivity (Wildman–Crippen MR) is 78.7 cm³/mol. The van der Waals surface area contributed by atoms with Gasteiger partial charge >= 0.3 is 0 Å². The highest BCUT2D eigenvalue weighted by atomic mass is 16.5. The molecule has 0 aromatic heterocycles. The molecule has 0 heterocycles. The van der Waals surface area contributed by atoms with E-state index in [2.05, 4.69) is 5.32 Å². The van der Waals surface area contributed by atoms with E-state index in [1.54, 1.807) is 32.0 Å². The van der Waals surface area contributed by atoms with Crippen molar-refractivity contribution in [3.8, 4) is 5.75 Å². The molecule has 0 aliphatic carbocycles. The van der Waals surface area contributed by atoms with Crippen LogP contribution in [0.1, 0.15) is 25.5 Å². The van der Waals surface area contributed by atoms with Gasteiger partial charge in [0.25, 0.3) is 0 Å². The first kappa shape index (κ1) is 16.5. The Hall–Kier alpha value is -1.59. The van der Waals surface area contributed by atoms with Crippen LogP contribution in [-0.4, -0.2) is 49.2 Å². The van der Waals surface area contributed by atoms with Crippen molar-refractivity contribution in [3.05, 3.63) is 29.8 Å². The van der Waals surface area contributed by atoms with Crippen molar-refractivity contribution < 1.29 is 14.6 Å². The number of amides is 1. The SMILES string of the molecule is CCN(C)C(=O)C(C)NCC(O)c1cccc(OC)c1. The number of rotatable bonds is 7. The topological polar surface area (TPSA) is 61.8 Å². The number of hydrogen-bond acceptors (Lipinski definition) is 4. The molecule has 1 aromatic carbocycles. The molecule has 0 bridgehead atoms. The Kier molecular flexibility index (Phi) is 6.48. The molecular formula is C15H24N2O3. The van der Waals surface area contributed by atoms with Gasteiger partial charge in [-0.15, -0.1) is 0 Å². The highest BCUT2D eigenvalue weighted by Crippen LogP contribution is 2.18. The van der Waals surface area contributed by atoms with E-state index in [1.807, 2.05) is 25.1 Å². The van der Waals surface area contributed by atoms with E-state index < -0.39 is 6.10 Å². The molecule has 5 nitrogen and oxygen atoms in total. The summed E-state index contributed by atoms with van der Waals surface area (Å²) in [5, 5.41) is 13.2. The lowest BCUT2D eigenvalue weighted by Crippen LogP contribution is -2.44. The third-order valence-electron chi connectivity index (χ3n) is 3.32. The van der Waals surface area contributed by atoms with Gasteiger partial charge in [-0.1, -0.05) is 12.1 Å². The van der Waals surface area contributed by atoms with Gasteiger partial charge in [0.15, 0.2) is 0 Å². The normalized spacial score (nSPS) is 13.7. The van der Waals surface area contributed by atoms with E-state index in [4.69, 9.17) is 4.74 Å². The third-order valence-corrected chi connectivity index (χ3v) is 3.32. The fraction of sp³-hybridized carbons (Fsp3) is 0.533. The molecule has 2 N–H and O–H groups in total. The first-order valence-corrected chi connectivity index (χ1v) is 6.80. The molecule has 5 heteroatoms. The van der Waals surface area contributed by atoms with E-state index in [1.165, 1.54) is 0 Å². The molecular weight excluding hydrogens is 256 g/mol. The predicted octanol–water partition coefficient (Wildman–Crippen LogP) is 1.18. The number of nitrogens with one attached hydrogen (secondary N) is 1.